The summed E-state index contributed by atoms with van der Waals surface area (Å²) in [6.45, 7) is -0.0591. The van der Waals surface area contributed by atoms with E-state index in [9.17, 15) is 9.59 Å². The molecule has 1 aliphatic rings. The van der Waals surface area contributed by atoms with Gasteiger partial charge in [0, 0.05) is 17.0 Å². The summed E-state index contributed by atoms with van der Waals surface area (Å²) < 4.78 is 26.7. The predicted octanol–water partition coefficient (Wildman–Crippen LogP) is 3.66. The first-order chi connectivity index (χ1) is 14.5. The summed E-state index contributed by atoms with van der Waals surface area (Å²) in [5.74, 6) is 0.518. The topological polar surface area (TPSA) is 84.2 Å². The van der Waals surface area contributed by atoms with Crippen LogP contribution in [0.1, 0.15) is 33.5 Å². The second-order valence-corrected chi connectivity index (χ2v) is 7.05. The van der Waals surface area contributed by atoms with E-state index in [1.807, 2.05) is 12.1 Å². The Labute approximate surface area is 173 Å². The first-order valence-corrected chi connectivity index (χ1v) is 9.59. The molecule has 1 aliphatic carbocycles. The molecular formula is C23H22O7. The van der Waals surface area contributed by atoms with Crippen LogP contribution in [0.3, 0.4) is 0 Å². The summed E-state index contributed by atoms with van der Waals surface area (Å²) >= 11 is 0. The van der Waals surface area contributed by atoms with Gasteiger partial charge in [0.2, 0.25) is 5.75 Å². The summed E-state index contributed by atoms with van der Waals surface area (Å²) in [6.07, 6.45) is 3.06. The molecule has 2 aromatic carbocycles. The quantitative estimate of drug-likeness (QED) is 0.453. The van der Waals surface area contributed by atoms with E-state index in [1.54, 1.807) is 0 Å². The Kier molecular flexibility index (Phi) is 5.35. The largest absolute Gasteiger partial charge is 0.493 e. The molecule has 0 amide bonds. The SMILES string of the molecule is COc1cc(C(=O)OCc2cc(=O)oc3cc4c(cc23)CCC4)cc(OC)c1OC. The molecule has 0 saturated heterocycles. The summed E-state index contributed by atoms with van der Waals surface area (Å²) in [4.78, 5) is 24.7. The molecule has 0 aliphatic heterocycles. The van der Waals surface area contributed by atoms with E-state index >= 15 is 0 Å². The molecule has 156 valence electrons. The number of rotatable bonds is 6. The molecule has 3 aromatic rings. The first kappa shape index (κ1) is 19.8. The third-order valence-electron chi connectivity index (χ3n) is 5.30. The molecule has 0 N–H and O–H groups in total. The van der Waals surface area contributed by atoms with Gasteiger partial charge in [0.15, 0.2) is 11.5 Å². The Morgan fingerprint density at radius 2 is 1.60 bits per heavy atom. The molecule has 7 nitrogen and oxygen atoms in total. The average Bonchev–Trinajstić information content (AvgIpc) is 3.21. The zero-order chi connectivity index (χ0) is 21.3. The molecule has 1 heterocycles. The standard InChI is InChI=1S/C23H22O7/c1-26-19-9-15(10-20(27-2)22(19)28-3)23(25)29-12-16-11-21(24)30-18-8-14-6-4-5-13(14)7-17(16)18/h7-11H,4-6,12H2,1-3H3. The summed E-state index contributed by atoms with van der Waals surface area (Å²) in [7, 11) is 4.43. The zero-order valence-corrected chi connectivity index (χ0v) is 17.1. The van der Waals surface area contributed by atoms with Crippen LogP contribution in [0.5, 0.6) is 17.2 Å². The van der Waals surface area contributed by atoms with Crippen molar-refractivity contribution < 1.29 is 28.2 Å². The fourth-order valence-electron chi connectivity index (χ4n) is 3.84. The minimum absolute atomic E-state index is 0.0591. The maximum atomic E-state index is 12.7. The number of carbonyl (C=O) groups excluding carboxylic acids is 1. The number of hydrogen-bond acceptors (Lipinski definition) is 7. The molecule has 30 heavy (non-hydrogen) atoms. The first-order valence-electron chi connectivity index (χ1n) is 9.59. The number of aryl methyl sites for hydroxylation is 2. The molecule has 7 heteroatoms. The van der Waals surface area contributed by atoms with Crippen molar-refractivity contribution in [2.24, 2.45) is 0 Å². The van der Waals surface area contributed by atoms with Crippen LogP contribution in [-0.2, 0) is 24.2 Å². The van der Waals surface area contributed by atoms with Crippen molar-refractivity contribution in [1.29, 1.82) is 0 Å². The van der Waals surface area contributed by atoms with Crippen molar-refractivity contribution >= 4 is 16.9 Å². The van der Waals surface area contributed by atoms with E-state index in [1.165, 1.54) is 50.7 Å². The van der Waals surface area contributed by atoms with Crippen LogP contribution >= 0.6 is 0 Å². The lowest BCUT2D eigenvalue weighted by atomic mass is 10.0. The molecule has 4 rings (SSSR count). The van der Waals surface area contributed by atoms with E-state index in [2.05, 4.69) is 0 Å². The van der Waals surface area contributed by atoms with Crippen molar-refractivity contribution in [2.45, 2.75) is 25.9 Å². The Morgan fingerprint density at radius 1 is 0.933 bits per heavy atom. The lowest BCUT2D eigenvalue weighted by Gasteiger charge is -2.14. The third kappa shape index (κ3) is 3.58. The zero-order valence-electron chi connectivity index (χ0n) is 17.1. The van der Waals surface area contributed by atoms with Gasteiger partial charge >= 0.3 is 11.6 Å². The fourth-order valence-corrected chi connectivity index (χ4v) is 3.84. The maximum absolute atomic E-state index is 12.7. The predicted molar refractivity (Wildman–Crippen MR) is 110 cm³/mol. The highest BCUT2D eigenvalue weighted by molar-refractivity contribution is 5.91. The lowest BCUT2D eigenvalue weighted by Crippen LogP contribution is -2.09. The summed E-state index contributed by atoms with van der Waals surface area (Å²) in [5.41, 5.74) is 3.35. The number of esters is 1. The van der Waals surface area contributed by atoms with Crippen LogP contribution < -0.4 is 19.8 Å². The maximum Gasteiger partial charge on any atom is 0.338 e. The van der Waals surface area contributed by atoms with Crippen molar-refractivity contribution in [3.05, 3.63) is 63.0 Å². The minimum Gasteiger partial charge on any atom is -0.493 e. The normalized spacial score (nSPS) is 12.5. The molecule has 0 radical (unpaired) electrons. The molecule has 0 saturated carbocycles. The number of hydrogen-bond donors (Lipinski definition) is 0. The molecule has 0 atom stereocenters. The summed E-state index contributed by atoms with van der Waals surface area (Å²) in [6, 6.07) is 8.36. The fraction of sp³-hybridized carbons (Fsp3) is 0.304. The third-order valence-corrected chi connectivity index (χ3v) is 5.30. The molecule has 0 fully saturated rings. The van der Waals surface area contributed by atoms with Gasteiger partial charge in [0.05, 0.1) is 26.9 Å². The molecule has 1 aromatic heterocycles. The summed E-state index contributed by atoms with van der Waals surface area (Å²) in [5, 5.41) is 0.785. The van der Waals surface area contributed by atoms with Gasteiger partial charge in [0.1, 0.15) is 12.2 Å². The number of methoxy groups -OCH3 is 3. The van der Waals surface area contributed by atoms with E-state index in [0.29, 0.717) is 28.4 Å². The second kappa shape index (κ2) is 8.10. The monoisotopic (exact) mass is 410 g/mol. The van der Waals surface area contributed by atoms with Crippen molar-refractivity contribution in [1.82, 2.24) is 0 Å². The van der Waals surface area contributed by atoms with Crippen molar-refractivity contribution in [2.75, 3.05) is 21.3 Å². The van der Waals surface area contributed by atoms with Crippen LogP contribution in [0.15, 0.2) is 39.5 Å². The van der Waals surface area contributed by atoms with E-state index in [0.717, 1.165) is 24.6 Å². The number of ether oxygens (including phenoxy) is 4. The Bertz CT molecular complexity index is 1150. The highest BCUT2D eigenvalue weighted by Crippen LogP contribution is 2.38. The van der Waals surface area contributed by atoms with E-state index in [-0.39, 0.29) is 12.2 Å². The minimum atomic E-state index is -0.572. The number of benzene rings is 2. The van der Waals surface area contributed by atoms with Gasteiger partial charge in [0.25, 0.3) is 0 Å². The van der Waals surface area contributed by atoms with Crippen molar-refractivity contribution in [3.8, 4) is 17.2 Å². The van der Waals surface area contributed by atoms with Gasteiger partial charge in [-0.25, -0.2) is 9.59 Å². The lowest BCUT2D eigenvalue weighted by molar-refractivity contribution is 0.0473. The highest BCUT2D eigenvalue weighted by Gasteiger charge is 2.19. The second-order valence-electron chi connectivity index (χ2n) is 7.05. The van der Waals surface area contributed by atoms with Crippen molar-refractivity contribution in [3.63, 3.8) is 0 Å². The van der Waals surface area contributed by atoms with Crippen LogP contribution in [0, 0.1) is 0 Å². The Balaban J connectivity index is 1.63. The van der Waals surface area contributed by atoms with E-state index < -0.39 is 11.6 Å². The van der Waals surface area contributed by atoms with Crippen LogP contribution in [0.2, 0.25) is 0 Å². The average molecular weight is 410 g/mol. The number of fused-ring (bicyclic) bond motifs is 2. The smallest absolute Gasteiger partial charge is 0.338 e. The molecule has 0 unspecified atom stereocenters. The van der Waals surface area contributed by atoms with Gasteiger partial charge in [-0.3, -0.25) is 0 Å². The number of carbonyl (C=O) groups is 1. The Hall–Kier alpha value is -3.48. The van der Waals surface area contributed by atoms with Crippen LogP contribution in [-0.4, -0.2) is 27.3 Å². The Morgan fingerprint density at radius 3 is 2.23 bits per heavy atom. The molecule has 0 bridgehead atoms. The van der Waals surface area contributed by atoms with Gasteiger partial charge in [-0.15, -0.1) is 0 Å². The van der Waals surface area contributed by atoms with E-state index in [4.69, 9.17) is 23.4 Å². The van der Waals surface area contributed by atoms with Gasteiger partial charge in [-0.2, -0.15) is 0 Å². The van der Waals surface area contributed by atoms with Crippen LogP contribution in [0.4, 0.5) is 0 Å². The van der Waals surface area contributed by atoms with Gasteiger partial charge < -0.3 is 23.4 Å². The molecule has 0 spiro atoms. The van der Waals surface area contributed by atoms with Gasteiger partial charge in [-0.05, 0) is 54.7 Å². The van der Waals surface area contributed by atoms with Crippen LogP contribution in [0.25, 0.3) is 11.0 Å². The van der Waals surface area contributed by atoms with Gasteiger partial charge in [-0.1, -0.05) is 0 Å². The highest BCUT2D eigenvalue weighted by atomic mass is 16.5. The molecular weight excluding hydrogens is 388 g/mol.